The summed E-state index contributed by atoms with van der Waals surface area (Å²) in [5.41, 5.74) is 7.40. The quantitative estimate of drug-likeness (QED) is 0.573. The van der Waals surface area contributed by atoms with E-state index in [0.29, 0.717) is 11.5 Å². The number of nitrogens with two attached hydrogens (primary N) is 1. The molecule has 0 aromatic carbocycles. The molecule has 0 saturated carbocycles. The van der Waals surface area contributed by atoms with Crippen molar-refractivity contribution < 1.29 is 0 Å². The van der Waals surface area contributed by atoms with E-state index in [1.165, 1.54) is 0 Å². The highest BCUT2D eigenvalue weighted by atomic mass is 32.1. The van der Waals surface area contributed by atoms with Gasteiger partial charge in [-0.25, -0.2) is 4.98 Å². The number of hydrogen-bond donors (Lipinski definition) is 1. The molecule has 0 aliphatic heterocycles. The lowest BCUT2D eigenvalue weighted by Gasteiger charge is -1.96. The Labute approximate surface area is 76.8 Å². The number of aromatic nitrogens is 4. The maximum absolute atomic E-state index is 5.76. The Balaban J connectivity index is 2.70. The second-order valence-electron chi connectivity index (χ2n) is 2.64. The second kappa shape index (κ2) is 2.17. The SMILES string of the molecule is Nc1nc2cnnn2c2ccsc12. The number of hydrogen-bond acceptors (Lipinski definition) is 5. The molecule has 0 bridgehead atoms. The average Bonchev–Trinajstić information content (AvgIpc) is 2.66. The Bertz CT molecular complexity index is 581. The van der Waals surface area contributed by atoms with E-state index >= 15 is 0 Å². The summed E-state index contributed by atoms with van der Waals surface area (Å²) in [6, 6.07) is 1.96. The third-order valence-corrected chi connectivity index (χ3v) is 2.80. The van der Waals surface area contributed by atoms with Gasteiger partial charge in [0.2, 0.25) is 0 Å². The third kappa shape index (κ3) is 0.775. The Morgan fingerprint density at radius 3 is 3.31 bits per heavy atom. The normalized spacial score (nSPS) is 11.4. The maximum Gasteiger partial charge on any atom is 0.178 e. The van der Waals surface area contributed by atoms with Crippen molar-refractivity contribution in [1.29, 1.82) is 0 Å². The molecular formula is C7H5N5S. The van der Waals surface area contributed by atoms with Crippen molar-refractivity contribution in [2.24, 2.45) is 0 Å². The standard InChI is InChI=1S/C7H5N5S/c8-7-6-4(1-2-13-6)12-5(10-7)3-9-11-12/h1-3H,(H2,8,10). The first-order chi connectivity index (χ1) is 6.36. The lowest BCUT2D eigenvalue weighted by atomic mass is 10.4. The molecule has 0 spiro atoms. The number of anilines is 1. The van der Waals surface area contributed by atoms with Crippen molar-refractivity contribution >= 4 is 33.0 Å². The van der Waals surface area contributed by atoms with E-state index in [9.17, 15) is 0 Å². The molecule has 0 fully saturated rings. The summed E-state index contributed by atoms with van der Waals surface area (Å²) in [4.78, 5) is 4.16. The van der Waals surface area contributed by atoms with Crippen molar-refractivity contribution in [2.75, 3.05) is 5.73 Å². The van der Waals surface area contributed by atoms with Gasteiger partial charge < -0.3 is 5.73 Å². The van der Waals surface area contributed by atoms with Gasteiger partial charge in [-0.05, 0) is 11.4 Å². The number of fused-ring (bicyclic) bond motifs is 3. The van der Waals surface area contributed by atoms with Gasteiger partial charge in [-0.2, -0.15) is 4.52 Å². The molecule has 3 heterocycles. The number of nitrogens with zero attached hydrogens (tertiary/aromatic N) is 4. The minimum Gasteiger partial charge on any atom is -0.382 e. The van der Waals surface area contributed by atoms with Crippen LogP contribution in [0, 0.1) is 0 Å². The molecule has 0 aliphatic rings. The molecule has 0 atom stereocenters. The van der Waals surface area contributed by atoms with Gasteiger partial charge in [0.1, 0.15) is 5.82 Å². The highest BCUT2D eigenvalue weighted by Crippen LogP contribution is 2.25. The molecule has 6 heteroatoms. The topological polar surface area (TPSA) is 69.1 Å². The minimum absolute atomic E-state index is 0.541. The zero-order valence-electron chi connectivity index (χ0n) is 6.51. The molecule has 2 N–H and O–H groups in total. The molecule has 0 radical (unpaired) electrons. The summed E-state index contributed by atoms with van der Waals surface area (Å²) < 4.78 is 2.64. The van der Waals surface area contributed by atoms with Crippen LogP contribution in [0.4, 0.5) is 5.82 Å². The first-order valence-electron chi connectivity index (χ1n) is 3.69. The Kier molecular flexibility index (Phi) is 1.13. The lowest BCUT2D eigenvalue weighted by Crippen LogP contribution is -1.96. The zero-order chi connectivity index (χ0) is 8.84. The summed E-state index contributed by atoms with van der Waals surface area (Å²) in [5.74, 6) is 0.541. The smallest absolute Gasteiger partial charge is 0.178 e. The summed E-state index contributed by atoms with van der Waals surface area (Å²) in [6.45, 7) is 0. The average molecular weight is 191 g/mol. The van der Waals surface area contributed by atoms with E-state index in [0.717, 1.165) is 10.2 Å². The van der Waals surface area contributed by atoms with Crippen LogP contribution in [0.1, 0.15) is 0 Å². The molecule has 3 aromatic rings. The first-order valence-corrected chi connectivity index (χ1v) is 4.57. The van der Waals surface area contributed by atoms with Crippen LogP contribution in [0.5, 0.6) is 0 Å². The molecule has 64 valence electrons. The van der Waals surface area contributed by atoms with Gasteiger partial charge in [-0.1, -0.05) is 5.21 Å². The molecule has 13 heavy (non-hydrogen) atoms. The van der Waals surface area contributed by atoms with Crippen LogP contribution >= 0.6 is 11.3 Å². The molecule has 0 amide bonds. The van der Waals surface area contributed by atoms with Crippen LogP contribution in [-0.4, -0.2) is 19.8 Å². The van der Waals surface area contributed by atoms with E-state index in [1.807, 2.05) is 11.4 Å². The summed E-state index contributed by atoms with van der Waals surface area (Å²) in [7, 11) is 0. The fourth-order valence-electron chi connectivity index (χ4n) is 1.31. The van der Waals surface area contributed by atoms with Gasteiger partial charge in [0.15, 0.2) is 5.65 Å². The van der Waals surface area contributed by atoms with Crippen LogP contribution < -0.4 is 5.73 Å². The molecule has 3 aromatic heterocycles. The second-order valence-corrected chi connectivity index (χ2v) is 3.55. The van der Waals surface area contributed by atoms with Gasteiger partial charge in [0.05, 0.1) is 16.4 Å². The number of thiophene rings is 1. The Hall–Kier alpha value is -1.69. The predicted octanol–water partition coefficient (Wildman–Crippen LogP) is 0.921. The highest BCUT2D eigenvalue weighted by molar-refractivity contribution is 7.17. The van der Waals surface area contributed by atoms with Crippen molar-refractivity contribution in [3.8, 4) is 0 Å². The highest BCUT2D eigenvalue weighted by Gasteiger charge is 2.07. The van der Waals surface area contributed by atoms with Gasteiger partial charge in [-0.3, -0.25) is 0 Å². The molecule has 3 rings (SSSR count). The molecule has 0 unspecified atom stereocenters. The van der Waals surface area contributed by atoms with Crippen molar-refractivity contribution in [3.05, 3.63) is 17.6 Å². The molecular weight excluding hydrogens is 186 g/mol. The fraction of sp³-hybridized carbons (Fsp3) is 0. The van der Waals surface area contributed by atoms with Gasteiger partial charge >= 0.3 is 0 Å². The number of nitrogen functional groups attached to an aromatic ring is 1. The molecule has 0 saturated heterocycles. The Morgan fingerprint density at radius 1 is 1.46 bits per heavy atom. The summed E-state index contributed by atoms with van der Waals surface area (Å²) in [6.07, 6.45) is 1.59. The van der Waals surface area contributed by atoms with E-state index in [2.05, 4.69) is 15.3 Å². The van der Waals surface area contributed by atoms with Gasteiger partial charge in [0, 0.05) is 0 Å². The monoisotopic (exact) mass is 191 g/mol. The van der Waals surface area contributed by atoms with Crippen LogP contribution in [0.2, 0.25) is 0 Å². The van der Waals surface area contributed by atoms with Crippen LogP contribution in [0.25, 0.3) is 15.9 Å². The van der Waals surface area contributed by atoms with E-state index in [1.54, 1.807) is 22.0 Å². The van der Waals surface area contributed by atoms with E-state index in [4.69, 9.17) is 5.73 Å². The fourth-order valence-corrected chi connectivity index (χ4v) is 2.09. The van der Waals surface area contributed by atoms with Crippen LogP contribution in [-0.2, 0) is 0 Å². The van der Waals surface area contributed by atoms with Crippen molar-refractivity contribution in [3.63, 3.8) is 0 Å². The zero-order valence-corrected chi connectivity index (χ0v) is 7.32. The number of rotatable bonds is 0. The minimum atomic E-state index is 0.541. The van der Waals surface area contributed by atoms with Crippen molar-refractivity contribution in [1.82, 2.24) is 19.8 Å². The predicted molar refractivity (Wildman–Crippen MR) is 50.6 cm³/mol. The maximum atomic E-state index is 5.76. The Morgan fingerprint density at radius 2 is 2.38 bits per heavy atom. The largest absolute Gasteiger partial charge is 0.382 e. The van der Waals surface area contributed by atoms with Gasteiger partial charge in [0.25, 0.3) is 0 Å². The molecule has 0 aliphatic carbocycles. The lowest BCUT2D eigenvalue weighted by molar-refractivity contribution is 0.877. The summed E-state index contributed by atoms with van der Waals surface area (Å²) >= 11 is 1.56. The summed E-state index contributed by atoms with van der Waals surface area (Å²) in [5, 5.41) is 9.65. The van der Waals surface area contributed by atoms with E-state index < -0.39 is 0 Å². The third-order valence-electron chi connectivity index (χ3n) is 1.87. The first kappa shape index (κ1) is 6.79. The molecule has 5 nitrogen and oxygen atoms in total. The van der Waals surface area contributed by atoms with Crippen LogP contribution in [0.3, 0.4) is 0 Å². The van der Waals surface area contributed by atoms with E-state index in [-0.39, 0.29) is 0 Å². The van der Waals surface area contributed by atoms with Crippen LogP contribution in [0.15, 0.2) is 17.6 Å². The van der Waals surface area contributed by atoms with Gasteiger partial charge in [-0.15, -0.1) is 16.4 Å². The van der Waals surface area contributed by atoms with Crippen molar-refractivity contribution in [2.45, 2.75) is 0 Å².